The minimum atomic E-state index is -4.36. The molecule has 11 heteroatoms. The maximum atomic E-state index is 13.2. The summed E-state index contributed by atoms with van der Waals surface area (Å²) in [5, 5.41) is 20.5. The van der Waals surface area contributed by atoms with E-state index in [-0.39, 0.29) is 16.3 Å². The Balaban J connectivity index is 2.76. The van der Waals surface area contributed by atoms with Crippen molar-refractivity contribution in [1.82, 2.24) is 0 Å². The van der Waals surface area contributed by atoms with Crippen LogP contribution in [0.3, 0.4) is 0 Å². The zero-order valence-corrected chi connectivity index (χ0v) is 16.6. The van der Waals surface area contributed by atoms with Crippen molar-refractivity contribution in [3.8, 4) is 5.75 Å². The molecule has 27 heavy (non-hydrogen) atoms. The molecule has 144 valence electrons. The monoisotopic (exact) mass is 458 g/mol. The van der Waals surface area contributed by atoms with E-state index in [4.69, 9.17) is 4.74 Å². The number of hydrogen-bond donors (Lipinski definition) is 1. The van der Waals surface area contributed by atoms with Gasteiger partial charge in [0.25, 0.3) is 15.7 Å². The number of ether oxygens (including phenoxy) is 1. The van der Waals surface area contributed by atoms with Gasteiger partial charge in [-0.2, -0.15) is 0 Å². The number of sulfonamides is 1. The van der Waals surface area contributed by atoms with Crippen LogP contribution in [0.15, 0.2) is 51.8 Å². The third-order valence-corrected chi connectivity index (χ3v) is 6.12. The van der Waals surface area contributed by atoms with Gasteiger partial charge in [0.2, 0.25) is 0 Å². The molecule has 0 bridgehead atoms. The largest absolute Gasteiger partial charge is 0.495 e. The van der Waals surface area contributed by atoms with Crippen LogP contribution in [-0.2, 0) is 14.8 Å². The van der Waals surface area contributed by atoms with Gasteiger partial charge in [0.05, 0.1) is 16.9 Å². The van der Waals surface area contributed by atoms with Crippen LogP contribution in [0.25, 0.3) is 0 Å². The molecule has 1 N–H and O–H groups in total. The van der Waals surface area contributed by atoms with Crippen LogP contribution >= 0.6 is 15.9 Å². The van der Waals surface area contributed by atoms with Crippen molar-refractivity contribution in [3.63, 3.8) is 0 Å². The van der Waals surface area contributed by atoms with Gasteiger partial charge >= 0.3 is 5.97 Å². The number of nitro groups is 1. The van der Waals surface area contributed by atoms with Gasteiger partial charge in [-0.15, -0.1) is 0 Å². The summed E-state index contributed by atoms with van der Waals surface area (Å²) in [6, 6.07) is 7.34. The first-order valence-corrected chi connectivity index (χ1v) is 9.68. The fraction of sp³-hybridized carbons (Fsp3) is 0.188. The van der Waals surface area contributed by atoms with Gasteiger partial charge in [-0.1, -0.05) is 15.9 Å². The predicted molar refractivity (Wildman–Crippen MR) is 101 cm³/mol. The molecule has 1 atom stereocenters. The number of nitrogens with zero attached hydrogens (tertiary/aromatic N) is 2. The van der Waals surface area contributed by atoms with E-state index in [1.54, 1.807) is 0 Å². The number of non-ortho nitro benzene ring substituents is 1. The number of halogens is 1. The van der Waals surface area contributed by atoms with E-state index < -0.39 is 32.6 Å². The normalized spacial score (nSPS) is 12.3. The third kappa shape index (κ3) is 4.19. The van der Waals surface area contributed by atoms with Crippen molar-refractivity contribution in [2.75, 3.05) is 11.4 Å². The summed E-state index contributed by atoms with van der Waals surface area (Å²) in [6.07, 6.45) is 0. The van der Waals surface area contributed by atoms with Crippen LogP contribution in [0.1, 0.15) is 6.92 Å². The van der Waals surface area contributed by atoms with Crippen molar-refractivity contribution < 1.29 is 28.0 Å². The minimum absolute atomic E-state index is 0.0191. The molecular formula is C16H15BrN2O7S. The summed E-state index contributed by atoms with van der Waals surface area (Å²) in [5.41, 5.74) is -0.649. The van der Waals surface area contributed by atoms with Gasteiger partial charge < -0.3 is 9.84 Å². The molecule has 0 aliphatic rings. The van der Waals surface area contributed by atoms with Gasteiger partial charge in [0.1, 0.15) is 17.5 Å². The van der Waals surface area contributed by atoms with Gasteiger partial charge in [0, 0.05) is 16.6 Å². The molecule has 2 rings (SSSR count). The summed E-state index contributed by atoms with van der Waals surface area (Å²) in [7, 11) is -3.11. The lowest BCUT2D eigenvalue weighted by molar-refractivity contribution is -0.384. The van der Waals surface area contributed by atoms with Gasteiger partial charge in [-0.05, 0) is 37.3 Å². The molecule has 0 saturated heterocycles. The maximum absolute atomic E-state index is 13.2. The smallest absolute Gasteiger partial charge is 0.327 e. The van der Waals surface area contributed by atoms with Crippen molar-refractivity contribution >= 4 is 43.3 Å². The van der Waals surface area contributed by atoms with Gasteiger partial charge in [0.15, 0.2) is 0 Å². The molecule has 9 nitrogen and oxygen atoms in total. The highest BCUT2D eigenvalue weighted by molar-refractivity contribution is 9.10. The second-order valence-electron chi connectivity index (χ2n) is 5.38. The van der Waals surface area contributed by atoms with E-state index in [1.165, 1.54) is 37.4 Å². The molecule has 0 fully saturated rings. The Morgan fingerprint density at radius 3 is 2.33 bits per heavy atom. The number of rotatable bonds is 7. The molecule has 0 radical (unpaired) electrons. The zero-order valence-electron chi connectivity index (χ0n) is 14.2. The lowest BCUT2D eigenvalue weighted by Crippen LogP contribution is -2.43. The molecule has 0 saturated carbocycles. The first kappa shape index (κ1) is 20.6. The molecule has 0 amide bonds. The minimum Gasteiger partial charge on any atom is -0.495 e. The predicted octanol–water partition coefficient (Wildman–Crippen LogP) is 3.03. The fourth-order valence-corrected chi connectivity index (χ4v) is 4.21. The number of anilines is 1. The van der Waals surface area contributed by atoms with Gasteiger partial charge in [-0.3, -0.25) is 10.1 Å². The van der Waals surface area contributed by atoms with Crippen LogP contribution in [0.4, 0.5) is 11.4 Å². The van der Waals surface area contributed by atoms with Crippen molar-refractivity contribution in [2.45, 2.75) is 17.9 Å². The average molecular weight is 459 g/mol. The first-order valence-electron chi connectivity index (χ1n) is 7.45. The topological polar surface area (TPSA) is 127 Å². The second-order valence-corrected chi connectivity index (χ2v) is 8.11. The van der Waals surface area contributed by atoms with Crippen molar-refractivity contribution in [2.24, 2.45) is 0 Å². The Kier molecular flexibility index (Phi) is 6.06. The molecular weight excluding hydrogens is 444 g/mol. The van der Waals surface area contributed by atoms with Crippen LogP contribution in [0.5, 0.6) is 5.75 Å². The molecule has 0 aromatic heterocycles. The summed E-state index contributed by atoms with van der Waals surface area (Å²) in [5.74, 6) is -1.45. The van der Waals surface area contributed by atoms with Crippen molar-refractivity contribution in [1.29, 1.82) is 0 Å². The number of carbonyl (C=O) groups is 1. The van der Waals surface area contributed by atoms with E-state index in [0.717, 1.165) is 19.1 Å². The Labute approximate surface area is 163 Å². The Morgan fingerprint density at radius 2 is 1.85 bits per heavy atom. The molecule has 0 spiro atoms. The molecule has 0 aliphatic heterocycles. The number of methoxy groups -OCH3 is 1. The third-order valence-electron chi connectivity index (χ3n) is 3.69. The SMILES string of the molecule is COc1ccc([N+](=O)[O-])cc1N(C(C)C(=O)O)S(=O)(=O)c1ccc(Br)cc1. The zero-order chi connectivity index (χ0) is 20.4. The number of hydrogen-bond acceptors (Lipinski definition) is 6. The van der Waals surface area contributed by atoms with E-state index in [0.29, 0.717) is 8.78 Å². The highest BCUT2D eigenvalue weighted by Gasteiger charge is 2.36. The highest BCUT2D eigenvalue weighted by Crippen LogP contribution is 2.37. The number of carboxylic acids is 1. The van der Waals surface area contributed by atoms with E-state index in [2.05, 4.69) is 15.9 Å². The number of benzene rings is 2. The molecule has 0 aliphatic carbocycles. The summed E-state index contributed by atoms with van der Waals surface area (Å²) in [6.45, 7) is 1.16. The van der Waals surface area contributed by atoms with E-state index in [1.807, 2.05) is 0 Å². The molecule has 0 heterocycles. The Bertz CT molecular complexity index is 977. The highest BCUT2D eigenvalue weighted by atomic mass is 79.9. The fourth-order valence-electron chi connectivity index (χ4n) is 2.33. The summed E-state index contributed by atoms with van der Waals surface area (Å²) in [4.78, 5) is 21.8. The second kappa shape index (κ2) is 7.92. The van der Waals surface area contributed by atoms with Crippen LogP contribution in [-0.4, -0.2) is 37.6 Å². The standard InChI is InChI=1S/C16H15BrN2O7S/c1-10(16(20)21)18(27(24,25)13-6-3-11(17)4-7-13)14-9-12(19(22)23)5-8-15(14)26-2/h3-10H,1-2H3,(H,20,21). The van der Waals surface area contributed by atoms with Gasteiger partial charge in [-0.25, -0.2) is 17.5 Å². The lowest BCUT2D eigenvalue weighted by Gasteiger charge is -2.29. The quantitative estimate of drug-likeness (QED) is 0.498. The first-order chi connectivity index (χ1) is 12.6. The Morgan fingerprint density at radius 1 is 1.26 bits per heavy atom. The van der Waals surface area contributed by atoms with Crippen LogP contribution < -0.4 is 9.04 Å². The number of nitro benzene ring substituents is 1. The molecule has 2 aromatic rings. The summed E-state index contributed by atoms with van der Waals surface area (Å²) < 4.78 is 32.7. The lowest BCUT2D eigenvalue weighted by atomic mass is 10.2. The average Bonchev–Trinajstić information content (AvgIpc) is 2.61. The molecule has 2 aromatic carbocycles. The summed E-state index contributed by atoms with van der Waals surface area (Å²) >= 11 is 3.20. The van der Waals surface area contributed by atoms with Crippen LogP contribution in [0, 0.1) is 10.1 Å². The van der Waals surface area contributed by atoms with Crippen LogP contribution in [0.2, 0.25) is 0 Å². The number of aliphatic carboxylic acids is 1. The number of carboxylic acid groups (broad SMARTS) is 1. The van der Waals surface area contributed by atoms with Crippen molar-refractivity contribution in [3.05, 3.63) is 57.1 Å². The van der Waals surface area contributed by atoms with E-state index >= 15 is 0 Å². The maximum Gasteiger partial charge on any atom is 0.327 e. The molecule has 1 unspecified atom stereocenters. The Hall–Kier alpha value is -2.66. The van der Waals surface area contributed by atoms with E-state index in [9.17, 15) is 28.4 Å².